The van der Waals surface area contributed by atoms with Gasteiger partial charge in [0.2, 0.25) is 9.84 Å². The van der Waals surface area contributed by atoms with Crippen LogP contribution in [0.5, 0.6) is 0 Å². The molecule has 41 heavy (non-hydrogen) atoms. The van der Waals surface area contributed by atoms with Crippen molar-refractivity contribution < 1.29 is 17.9 Å². The second-order valence-electron chi connectivity index (χ2n) is 10.3. The number of hydrogen-bond donors (Lipinski definition) is 2. The van der Waals surface area contributed by atoms with Gasteiger partial charge in [-0.05, 0) is 56.2 Å². The van der Waals surface area contributed by atoms with Gasteiger partial charge in [0.1, 0.15) is 10.6 Å². The zero-order valence-corrected chi connectivity index (χ0v) is 23.7. The Morgan fingerprint density at radius 3 is 2.63 bits per heavy atom. The molecule has 214 valence electrons. The highest BCUT2D eigenvalue weighted by Crippen LogP contribution is 2.48. The van der Waals surface area contributed by atoms with Crippen molar-refractivity contribution in [2.75, 3.05) is 36.5 Å². The molecule has 3 aromatic rings. The molecule has 12 heteroatoms. The van der Waals surface area contributed by atoms with E-state index in [1.165, 1.54) is 6.20 Å². The van der Waals surface area contributed by atoms with E-state index in [1.807, 2.05) is 12.1 Å². The van der Waals surface area contributed by atoms with Crippen LogP contribution in [0.25, 0.3) is 11.4 Å². The van der Waals surface area contributed by atoms with Crippen molar-refractivity contribution in [1.29, 1.82) is 5.26 Å². The van der Waals surface area contributed by atoms with Gasteiger partial charge in [0.15, 0.2) is 10.9 Å². The number of pyridine rings is 1. The molecule has 0 spiro atoms. The number of benzene rings is 1. The molecular weight excluding hydrogens is 542 g/mol. The first-order valence-electron chi connectivity index (χ1n) is 13.8. The van der Waals surface area contributed by atoms with E-state index in [4.69, 9.17) is 20.0 Å². The van der Waals surface area contributed by atoms with Crippen molar-refractivity contribution >= 4 is 27.4 Å². The number of sulfone groups is 1. The van der Waals surface area contributed by atoms with Crippen LogP contribution in [0.2, 0.25) is 0 Å². The van der Waals surface area contributed by atoms with E-state index in [-0.39, 0.29) is 24.0 Å². The minimum Gasteiger partial charge on any atom is -0.377 e. The lowest BCUT2D eigenvalue weighted by Crippen LogP contribution is -2.44. The van der Waals surface area contributed by atoms with Crippen molar-refractivity contribution in [2.45, 2.75) is 54.8 Å². The second kappa shape index (κ2) is 12.2. The fourth-order valence-corrected chi connectivity index (χ4v) is 7.50. The topological polar surface area (TPSA) is 150 Å². The number of ether oxygens (including phenoxy) is 1. The number of nitriles is 1. The maximum absolute atomic E-state index is 14.2. The van der Waals surface area contributed by atoms with Crippen molar-refractivity contribution in [1.82, 2.24) is 20.3 Å². The number of carbonyl (C=O) groups excluding carboxylic acids is 1. The highest BCUT2D eigenvalue weighted by atomic mass is 32.2. The molecule has 2 aliphatic rings. The summed E-state index contributed by atoms with van der Waals surface area (Å²) in [5.74, 6) is 1.06. The molecule has 0 bridgehead atoms. The van der Waals surface area contributed by atoms with Gasteiger partial charge in [-0.25, -0.2) is 28.2 Å². The molecule has 2 fully saturated rings. The van der Waals surface area contributed by atoms with Gasteiger partial charge < -0.3 is 20.3 Å². The molecule has 2 N–H and O–H groups in total. The van der Waals surface area contributed by atoms with E-state index in [0.717, 1.165) is 12.8 Å². The molecular formula is C29H33N7O4S. The zero-order valence-electron chi connectivity index (χ0n) is 22.9. The Morgan fingerprint density at radius 1 is 1.17 bits per heavy atom. The number of carbonyl (C=O) groups is 1. The summed E-state index contributed by atoms with van der Waals surface area (Å²) in [6.07, 6.45) is 4.16. The summed E-state index contributed by atoms with van der Waals surface area (Å²) in [6.45, 7) is 4.03. The predicted molar refractivity (Wildman–Crippen MR) is 154 cm³/mol. The quantitative estimate of drug-likeness (QED) is 0.379. The molecule has 1 saturated carbocycles. The molecule has 1 saturated heterocycles. The molecule has 1 aliphatic heterocycles. The molecule has 1 atom stereocenters. The SMILES string of the molecule is C[C@H]1COCCN1c1cc(C2(S(=O)(=O)c3ccccn3)CCCC2)nc(-c2ccc(NC(=O)NCCC#N)cc2)n1. The van der Waals surface area contributed by atoms with Gasteiger partial charge in [-0.3, -0.25) is 0 Å². The first-order valence-corrected chi connectivity index (χ1v) is 15.2. The molecule has 0 unspecified atom stereocenters. The maximum Gasteiger partial charge on any atom is 0.319 e. The third-order valence-electron chi connectivity index (χ3n) is 7.60. The fraction of sp³-hybridized carbons (Fsp3) is 0.414. The molecule has 2 amide bonds. The first-order chi connectivity index (χ1) is 19.8. The molecule has 3 heterocycles. The average molecular weight is 576 g/mol. The highest BCUT2D eigenvalue weighted by molar-refractivity contribution is 7.92. The molecule has 5 rings (SSSR count). The van der Waals surface area contributed by atoms with E-state index >= 15 is 0 Å². The minimum absolute atomic E-state index is 0.0480. The maximum atomic E-state index is 14.2. The van der Waals surface area contributed by atoms with Gasteiger partial charge in [-0.1, -0.05) is 18.9 Å². The van der Waals surface area contributed by atoms with Crippen molar-refractivity contribution in [3.63, 3.8) is 0 Å². The smallest absolute Gasteiger partial charge is 0.319 e. The van der Waals surface area contributed by atoms with Crippen LogP contribution in [0.15, 0.2) is 59.8 Å². The van der Waals surface area contributed by atoms with Gasteiger partial charge in [0.05, 0.1) is 37.4 Å². The Labute approximate surface area is 239 Å². The standard InChI is InChI=1S/C29H33N7O4S/c1-21-20-40-18-17-36(21)25-19-24(29(12-3-4-13-29)41(38,39)26-7-2-5-15-31-26)34-27(35-25)22-8-10-23(11-9-22)33-28(37)32-16-6-14-30/h2,5,7-11,15,19,21H,3-4,6,12-13,16-18,20H2,1H3,(H2,32,33,37)/t21-/m0/s1. The summed E-state index contributed by atoms with van der Waals surface area (Å²) in [6, 6.07) is 15.5. The normalized spacial score (nSPS) is 18.4. The summed E-state index contributed by atoms with van der Waals surface area (Å²) in [4.78, 5) is 28.2. The van der Waals surface area contributed by atoms with Gasteiger partial charge in [0, 0.05) is 36.6 Å². The van der Waals surface area contributed by atoms with E-state index < -0.39 is 20.6 Å². The predicted octanol–water partition coefficient (Wildman–Crippen LogP) is 4.04. The average Bonchev–Trinajstić information content (AvgIpc) is 3.50. The van der Waals surface area contributed by atoms with E-state index in [1.54, 1.807) is 42.5 Å². The van der Waals surface area contributed by atoms with E-state index in [0.29, 0.717) is 61.2 Å². The number of urea groups is 1. The van der Waals surface area contributed by atoms with E-state index in [9.17, 15) is 13.2 Å². The zero-order chi connectivity index (χ0) is 28.9. The van der Waals surface area contributed by atoms with Crippen molar-refractivity contribution in [2.24, 2.45) is 0 Å². The Bertz CT molecular complexity index is 1520. The van der Waals surface area contributed by atoms with Crippen molar-refractivity contribution in [3.8, 4) is 17.5 Å². The number of morpholine rings is 1. The number of rotatable bonds is 8. The lowest BCUT2D eigenvalue weighted by Gasteiger charge is -2.35. The number of nitrogens with one attached hydrogen (secondary N) is 2. The summed E-state index contributed by atoms with van der Waals surface area (Å²) < 4.78 is 32.8. The number of anilines is 2. The third kappa shape index (κ3) is 5.87. The van der Waals surface area contributed by atoms with Crippen LogP contribution in [-0.2, 0) is 19.3 Å². The van der Waals surface area contributed by atoms with Crippen molar-refractivity contribution in [3.05, 3.63) is 60.4 Å². The number of amides is 2. The number of aromatic nitrogens is 3. The molecule has 1 aromatic carbocycles. The summed E-state index contributed by atoms with van der Waals surface area (Å²) >= 11 is 0. The summed E-state index contributed by atoms with van der Waals surface area (Å²) in [7, 11) is -3.86. The number of nitrogens with zero attached hydrogens (tertiary/aromatic N) is 5. The lowest BCUT2D eigenvalue weighted by atomic mass is 10.0. The summed E-state index contributed by atoms with van der Waals surface area (Å²) in [5, 5.41) is 14.1. The summed E-state index contributed by atoms with van der Waals surface area (Å²) in [5.41, 5.74) is 1.72. The Balaban J connectivity index is 1.55. The van der Waals surface area contributed by atoms with E-state index in [2.05, 4.69) is 27.4 Å². The van der Waals surface area contributed by atoms with Crippen LogP contribution in [0.1, 0.15) is 44.7 Å². The lowest BCUT2D eigenvalue weighted by molar-refractivity contribution is 0.0985. The monoisotopic (exact) mass is 575 g/mol. The van der Waals surface area contributed by atoms with Gasteiger partial charge in [-0.2, -0.15) is 5.26 Å². The fourth-order valence-electron chi connectivity index (χ4n) is 5.44. The van der Waals surface area contributed by atoms with Crippen LogP contribution >= 0.6 is 0 Å². The van der Waals surface area contributed by atoms with Gasteiger partial charge in [0.25, 0.3) is 0 Å². The van der Waals surface area contributed by atoms with Crippen LogP contribution in [0.4, 0.5) is 16.3 Å². The second-order valence-corrected chi connectivity index (χ2v) is 12.5. The highest BCUT2D eigenvalue weighted by Gasteiger charge is 2.50. The molecule has 2 aromatic heterocycles. The van der Waals surface area contributed by atoms with Gasteiger partial charge >= 0.3 is 6.03 Å². The van der Waals surface area contributed by atoms with Crippen LogP contribution in [0, 0.1) is 11.3 Å². The Morgan fingerprint density at radius 2 is 1.95 bits per heavy atom. The molecule has 0 radical (unpaired) electrons. The molecule has 11 nitrogen and oxygen atoms in total. The van der Waals surface area contributed by atoms with Gasteiger partial charge in [-0.15, -0.1) is 0 Å². The third-order valence-corrected chi connectivity index (χ3v) is 10.0. The minimum atomic E-state index is -3.86. The van der Waals surface area contributed by atoms with Crippen LogP contribution in [0.3, 0.4) is 0 Å². The first kappa shape index (κ1) is 28.4. The Kier molecular flexibility index (Phi) is 8.46. The largest absolute Gasteiger partial charge is 0.377 e. The van der Waals surface area contributed by atoms with Crippen LogP contribution < -0.4 is 15.5 Å². The number of hydrogen-bond acceptors (Lipinski definition) is 9. The molecule has 1 aliphatic carbocycles. The Hall–Kier alpha value is -4.08. The van der Waals surface area contributed by atoms with Crippen LogP contribution in [-0.4, -0.2) is 61.7 Å².